The van der Waals surface area contributed by atoms with Gasteiger partial charge in [0.05, 0.1) is 6.26 Å². The van der Waals surface area contributed by atoms with E-state index in [4.69, 9.17) is 4.42 Å². The van der Waals surface area contributed by atoms with Gasteiger partial charge in [-0.1, -0.05) is 6.92 Å². The average molecular weight is 301 g/mol. The van der Waals surface area contributed by atoms with Crippen molar-refractivity contribution in [3.8, 4) is 11.5 Å². The summed E-state index contributed by atoms with van der Waals surface area (Å²) >= 11 is 0. The zero-order valence-electron chi connectivity index (χ0n) is 12.6. The molecule has 2 aromatic rings. The van der Waals surface area contributed by atoms with E-state index in [9.17, 15) is 9.59 Å². The number of nitrogens with zero attached hydrogens (tertiary/aromatic N) is 3. The van der Waals surface area contributed by atoms with Gasteiger partial charge in [-0.15, -0.1) is 0 Å². The van der Waals surface area contributed by atoms with Crippen molar-refractivity contribution in [2.24, 2.45) is 5.92 Å². The van der Waals surface area contributed by atoms with E-state index in [0.717, 1.165) is 25.9 Å². The fourth-order valence-corrected chi connectivity index (χ4v) is 2.60. The maximum Gasteiger partial charge on any atom is 0.267 e. The molecule has 3 heterocycles. The van der Waals surface area contributed by atoms with E-state index in [-0.39, 0.29) is 18.0 Å². The molecule has 0 atom stereocenters. The molecule has 0 spiro atoms. The van der Waals surface area contributed by atoms with E-state index in [0.29, 0.717) is 17.4 Å². The summed E-state index contributed by atoms with van der Waals surface area (Å²) < 4.78 is 6.48. The minimum atomic E-state index is -0.283. The number of amides is 1. The van der Waals surface area contributed by atoms with Crippen molar-refractivity contribution in [1.29, 1.82) is 0 Å². The van der Waals surface area contributed by atoms with Crippen LogP contribution < -0.4 is 5.56 Å². The summed E-state index contributed by atoms with van der Waals surface area (Å²) in [6, 6.07) is 6.54. The zero-order chi connectivity index (χ0) is 15.5. The predicted molar refractivity (Wildman–Crippen MR) is 81.2 cm³/mol. The summed E-state index contributed by atoms with van der Waals surface area (Å²) in [4.78, 5) is 26.1. The van der Waals surface area contributed by atoms with Gasteiger partial charge in [-0.25, -0.2) is 4.68 Å². The summed E-state index contributed by atoms with van der Waals surface area (Å²) in [7, 11) is 0. The summed E-state index contributed by atoms with van der Waals surface area (Å²) in [5, 5.41) is 4.23. The van der Waals surface area contributed by atoms with E-state index < -0.39 is 0 Å². The lowest BCUT2D eigenvalue weighted by atomic mass is 9.99. The van der Waals surface area contributed by atoms with Gasteiger partial charge in [0, 0.05) is 19.2 Å². The molecule has 1 aliphatic heterocycles. The van der Waals surface area contributed by atoms with Crippen LogP contribution in [0.4, 0.5) is 0 Å². The van der Waals surface area contributed by atoms with E-state index in [1.54, 1.807) is 24.5 Å². The molecule has 3 rings (SSSR count). The Morgan fingerprint density at radius 1 is 1.32 bits per heavy atom. The molecule has 1 aliphatic rings. The lowest BCUT2D eigenvalue weighted by Crippen LogP contribution is -2.41. The molecule has 2 aromatic heterocycles. The minimum Gasteiger partial charge on any atom is -0.463 e. The SMILES string of the molecule is CC1CCN(C(=O)Cn2nc(-c3ccco3)ccc2=O)CC1. The van der Waals surface area contributed by atoms with E-state index in [1.165, 1.54) is 10.7 Å². The molecular weight excluding hydrogens is 282 g/mol. The highest BCUT2D eigenvalue weighted by Crippen LogP contribution is 2.17. The highest BCUT2D eigenvalue weighted by atomic mass is 16.3. The molecule has 0 saturated carbocycles. The highest BCUT2D eigenvalue weighted by molar-refractivity contribution is 5.76. The van der Waals surface area contributed by atoms with Crippen molar-refractivity contribution < 1.29 is 9.21 Å². The number of piperidine rings is 1. The number of rotatable bonds is 3. The summed E-state index contributed by atoms with van der Waals surface area (Å²) in [6.07, 6.45) is 3.58. The Morgan fingerprint density at radius 3 is 2.77 bits per heavy atom. The molecule has 0 aliphatic carbocycles. The quantitative estimate of drug-likeness (QED) is 0.866. The van der Waals surface area contributed by atoms with Crippen LogP contribution in [0.3, 0.4) is 0 Å². The van der Waals surface area contributed by atoms with Gasteiger partial charge in [-0.05, 0) is 37.0 Å². The van der Waals surface area contributed by atoms with Crippen molar-refractivity contribution >= 4 is 5.91 Å². The molecular formula is C16H19N3O3. The summed E-state index contributed by atoms with van der Waals surface area (Å²) in [5.41, 5.74) is 0.263. The molecule has 0 aromatic carbocycles. The zero-order valence-corrected chi connectivity index (χ0v) is 12.6. The smallest absolute Gasteiger partial charge is 0.267 e. The fraction of sp³-hybridized carbons (Fsp3) is 0.438. The van der Waals surface area contributed by atoms with Gasteiger partial charge in [0.2, 0.25) is 5.91 Å². The average Bonchev–Trinajstić information content (AvgIpc) is 3.04. The normalized spacial score (nSPS) is 16.0. The van der Waals surface area contributed by atoms with Crippen molar-refractivity contribution in [3.63, 3.8) is 0 Å². The van der Waals surface area contributed by atoms with Crippen LogP contribution in [0.2, 0.25) is 0 Å². The molecule has 1 amide bonds. The van der Waals surface area contributed by atoms with E-state index >= 15 is 0 Å². The number of aromatic nitrogens is 2. The van der Waals surface area contributed by atoms with Crippen molar-refractivity contribution in [3.05, 3.63) is 40.9 Å². The molecule has 1 saturated heterocycles. The molecule has 6 heteroatoms. The maximum absolute atomic E-state index is 12.3. The molecule has 22 heavy (non-hydrogen) atoms. The second kappa shape index (κ2) is 6.17. The third-order valence-electron chi connectivity index (χ3n) is 4.06. The first-order chi connectivity index (χ1) is 10.6. The van der Waals surface area contributed by atoms with Crippen LogP contribution in [0.15, 0.2) is 39.7 Å². The van der Waals surface area contributed by atoms with Crippen LogP contribution in [0.25, 0.3) is 11.5 Å². The Balaban J connectivity index is 1.76. The van der Waals surface area contributed by atoms with Gasteiger partial charge in [0.1, 0.15) is 12.2 Å². The van der Waals surface area contributed by atoms with E-state index in [2.05, 4.69) is 12.0 Å². The third-order valence-corrected chi connectivity index (χ3v) is 4.06. The van der Waals surface area contributed by atoms with Crippen LogP contribution in [-0.4, -0.2) is 33.7 Å². The van der Waals surface area contributed by atoms with Crippen LogP contribution in [0.1, 0.15) is 19.8 Å². The van der Waals surface area contributed by atoms with Gasteiger partial charge in [0.15, 0.2) is 5.76 Å². The van der Waals surface area contributed by atoms with Crippen LogP contribution >= 0.6 is 0 Å². The third kappa shape index (κ3) is 3.10. The molecule has 116 valence electrons. The lowest BCUT2D eigenvalue weighted by molar-refractivity contribution is -0.133. The topological polar surface area (TPSA) is 68.3 Å². The predicted octanol–water partition coefficient (Wildman–Crippen LogP) is 1.76. The Hall–Kier alpha value is -2.37. The van der Waals surface area contributed by atoms with Gasteiger partial charge in [-0.2, -0.15) is 5.10 Å². The Bertz CT molecular complexity index is 698. The summed E-state index contributed by atoms with van der Waals surface area (Å²) in [5.74, 6) is 1.18. The largest absolute Gasteiger partial charge is 0.463 e. The fourth-order valence-electron chi connectivity index (χ4n) is 2.60. The first-order valence-corrected chi connectivity index (χ1v) is 7.53. The number of likely N-dealkylation sites (tertiary alicyclic amines) is 1. The second-order valence-electron chi connectivity index (χ2n) is 5.76. The van der Waals surface area contributed by atoms with Gasteiger partial charge in [0.25, 0.3) is 5.56 Å². The number of hydrogen-bond acceptors (Lipinski definition) is 4. The number of furan rings is 1. The first kappa shape index (κ1) is 14.6. The van der Waals surface area contributed by atoms with Crippen molar-refractivity contribution in [2.75, 3.05) is 13.1 Å². The number of hydrogen-bond donors (Lipinski definition) is 0. The molecule has 6 nitrogen and oxygen atoms in total. The van der Waals surface area contributed by atoms with Crippen LogP contribution in [0.5, 0.6) is 0 Å². The highest BCUT2D eigenvalue weighted by Gasteiger charge is 2.21. The van der Waals surface area contributed by atoms with Crippen molar-refractivity contribution in [1.82, 2.24) is 14.7 Å². The molecule has 0 radical (unpaired) electrons. The van der Waals surface area contributed by atoms with Gasteiger partial charge in [-0.3, -0.25) is 9.59 Å². The lowest BCUT2D eigenvalue weighted by Gasteiger charge is -2.30. The van der Waals surface area contributed by atoms with Gasteiger partial charge < -0.3 is 9.32 Å². The Kier molecular flexibility index (Phi) is 4.09. The first-order valence-electron chi connectivity index (χ1n) is 7.53. The van der Waals surface area contributed by atoms with Crippen LogP contribution in [-0.2, 0) is 11.3 Å². The molecule has 1 fully saturated rings. The number of carbonyl (C=O) groups excluding carboxylic acids is 1. The molecule has 0 unspecified atom stereocenters. The monoisotopic (exact) mass is 301 g/mol. The summed E-state index contributed by atoms with van der Waals surface area (Å²) in [6.45, 7) is 3.68. The Morgan fingerprint density at radius 2 is 2.09 bits per heavy atom. The molecule has 0 bridgehead atoms. The Labute approximate surface area is 128 Å². The molecule has 0 N–H and O–H groups in total. The van der Waals surface area contributed by atoms with E-state index in [1.807, 2.05) is 4.90 Å². The standard InChI is InChI=1S/C16H19N3O3/c1-12-6-8-18(9-7-12)16(21)11-19-15(20)5-4-13(17-19)14-3-2-10-22-14/h2-5,10,12H,6-9,11H2,1H3. The van der Waals surface area contributed by atoms with Crippen LogP contribution in [0, 0.1) is 5.92 Å². The maximum atomic E-state index is 12.3. The van der Waals surface area contributed by atoms with Gasteiger partial charge >= 0.3 is 0 Å². The second-order valence-corrected chi connectivity index (χ2v) is 5.76. The number of carbonyl (C=O) groups is 1. The minimum absolute atomic E-state index is 0.0260. The van der Waals surface area contributed by atoms with Crippen molar-refractivity contribution in [2.45, 2.75) is 26.3 Å².